The summed E-state index contributed by atoms with van der Waals surface area (Å²) in [5.74, 6) is 1.81. The predicted octanol–water partition coefficient (Wildman–Crippen LogP) is 5.58. The molecule has 7 heteroatoms. The fraction of sp³-hybridized carbons (Fsp3) is 0.462. The van der Waals surface area contributed by atoms with Crippen molar-refractivity contribution in [3.05, 3.63) is 54.1 Å². The van der Waals surface area contributed by atoms with E-state index in [0.29, 0.717) is 31.1 Å². The molecule has 0 unspecified atom stereocenters. The van der Waals surface area contributed by atoms with Crippen molar-refractivity contribution in [2.45, 2.75) is 45.4 Å². The Hall–Kier alpha value is -2.64. The van der Waals surface area contributed by atoms with Crippen LogP contribution in [0.15, 0.2) is 48.5 Å². The number of carbonyl (C=O) groups is 1. The number of rotatable bonds is 11. The lowest BCUT2D eigenvalue weighted by Crippen LogP contribution is -2.34. The molecule has 0 aromatic heterocycles. The van der Waals surface area contributed by atoms with Crippen molar-refractivity contribution in [2.24, 2.45) is 5.92 Å². The molecule has 1 fully saturated rings. The number of para-hydroxylation sites is 1. The molecule has 0 atom stereocenters. The Balaban J connectivity index is 1.44. The van der Waals surface area contributed by atoms with Gasteiger partial charge in [-0.3, -0.25) is 10.1 Å². The number of ether oxygens (including phenoxy) is 3. The molecule has 1 saturated carbocycles. The van der Waals surface area contributed by atoms with Gasteiger partial charge in [0.15, 0.2) is 5.11 Å². The van der Waals surface area contributed by atoms with Crippen molar-refractivity contribution in [1.82, 2.24) is 5.32 Å². The normalized spacial score (nSPS) is 13.8. The molecule has 33 heavy (non-hydrogen) atoms. The fourth-order valence-electron chi connectivity index (χ4n) is 3.92. The van der Waals surface area contributed by atoms with Gasteiger partial charge in [0.1, 0.15) is 18.1 Å². The van der Waals surface area contributed by atoms with Gasteiger partial charge >= 0.3 is 0 Å². The van der Waals surface area contributed by atoms with Gasteiger partial charge in [-0.2, -0.15) is 0 Å². The molecule has 1 aliphatic carbocycles. The largest absolute Gasteiger partial charge is 0.494 e. The molecular weight excluding hydrogens is 436 g/mol. The van der Waals surface area contributed by atoms with Crippen LogP contribution in [0.2, 0.25) is 0 Å². The van der Waals surface area contributed by atoms with E-state index in [1.165, 1.54) is 32.1 Å². The lowest BCUT2D eigenvalue weighted by atomic mass is 9.87. The van der Waals surface area contributed by atoms with Crippen LogP contribution < -0.4 is 20.1 Å². The summed E-state index contributed by atoms with van der Waals surface area (Å²) in [5.41, 5.74) is 1.20. The maximum atomic E-state index is 12.7. The lowest BCUT2D eigenvalue weighted by molar-refractivity contribution is 0.0958. The van der Waals surface area contributed by atoms with Crippen LogP contribution in [0, 0.1) is 5.92 Å². The van der Waals surface area contributed by atoms with Crippen molar-refractivity contribution in [3.8, 4) is 11.5 Å². The van der Waals surface area contributed by atoms with E-state index in [1.54, 1.807) is 18.2 Å². The molecule has 1 amide bonds. The van der Waals surface area contributed by atoms with Gasteiger partial charge in [-0.15, -0.1) is 0 Å². The minimum atomic E-state index is -0.331. The zero-order valence-electron chi connectivity index (χ0n) is 19.3. The third-order valence-electron chi connectivity index (χ3n) is 5.68. The molecule has 6 nitrogen and oxygen atoms in total. The number of hydrogen-bond donors (Lipinski definition) is 2. The van der Waals surface area contributed by atoms with Crippen LogP contribution in [0.5, 0.6) is 11.5 Å². The van der Waals surface area contributed by atoms with E-state index in [1.807, 2.05) is 37.3 Å². The minimum absolute atomic E-state index is 0.218. The third-order valence-corrected chi connectivity index (χ3v) is 5.88. The molecule has 0 aliphatic heterocycles. The second-order valence-corrected chi connectivity index (χ2v) is 8.52. The lowest BCUT2D eigenvalue weighted by Gasteiger charge is -2.21. The average molecular weight is 471 g/mol. The number of amides is 1. The monoisotopic (exact) mass is 470 g/mol. The first-order valence-electron chi connectivity index (χ1n) is 11.8. The average Bonchev–Trinajstić information content (AvgIpc) is 2.84. The molecule has 0 bridgehead atoms. The Morgan fingerprint density at radius 3 is 2.48 bits per heavy atom. The van der Waals surface area contributed by atoms with E-state index in [4.69, 9.17) is 26.4 Å². The predicted molar refractivity (Wildman–Crippen MR) is 135 cm³/mol. The number of anilines is 1. The highest BCUT2D eigenvalue weighted by Crippen LogP contribution is 2.26. The summed E-state index contributed by atoms with van der Waals surface area (Å²) in [7, 11) is 0. The Labute approximate surface area is 202 Å². The highest BCUT2D eigenvalue weighted by atomic mass is 32.1. The number of hydrogen-bond acceptors (Lipinski definition) is 5. The summed E-state index contributed by atoms with van der Waals surface area (Å²) in [6.07, 6.45) is 7.87. The van der Waals surface area contributed by atoms with Crippen LogP contribution in [0.3, 0.4) is 0 Å². The molecule has 2 N–H and O–H groups in total. The first-order chi connectivity index (χ1) is 16.2. The number of carbonyl (C=O) groups excluding carboxylic acids is 1. The summed E-state index contributed by atoms with van der Waals surface area (Å²) in [5, 5.41) is 5.97. The third kappa shape index (κ3) is 8.67. The van der Waals surface area contributed by atoms with Crippen LogP contribution in [0.25, 0.3) is 0 Å². The van der Waals surface area contributed by atoms with E-state index in [0.717, 1.165) is 30.4 Å². The van der Waals surface area contributed by atoms with Crippen molar-refractivity contribution < 1.29 is 19.0 Å². The Kier molecular flexibility index (Phi) is 10.5. The van der Waals surface area contributed by atoms with Gasteiger partial charge in [-0.25, -0.2) is 0 Å². The number of nitrogens with one attached hydrogen (secondary N) is 2. The first kappa shape index (κ1) is 25.0. The highest BCUT2D eigenvalue weighted by Gasteiger charge is 2.14. The summed E-state index contributed by atoms with van der Waals surface area (Å²) in [6.45, 7) is 4.13. The van der Waals surface area contributed by atoms with Gasteiger partial charge in [-0.05, 0) is 67.9 Å². The molecule has 178 valence electrons. The van der Waals surface area contributed by atoms with Gasteiger partial charge < -0.3 is 19.5 Å². The van der Waals surface area contributed by atoms with Crippen molar-refractivity contribution in [1.29, 1.82) is 0 Å². The van der Waals surface area contributed by atoms with Crippen LogP contribution in [-0.4, -0.2) is 37.4 Å². The molecule has 0 saturated heterocycles. The van der Waals surface area contributed by atoms with Crippen LogP contribution in [0.1, 0.15) is 55.8 Å². The SMILES string of the molecule is CCOCCOc1ccccc1C(=O)NC(=S)Nc1ccc(OCCC2CCCCC2)cc1. The van der Waals surface area contributed by atoms with E-state index in [-0.39, 0.29) is 11.0 Å². The molecule has 1 aliphatic rings. The maximum Gasteiger partial charge on any atom is 0.261 e. The summed E-state index contributed by atoms with van der Waals surface area (Å²) in [4.78, 5) is 12.7. The van der Waals surface area contributed by atoms with Gasteiger partial charge in [0.2, 0.25) is 0 Å². The smallest absolute Gasteiger partial charge is 0.261 e. The van der Waals surface area contributed by atoms with E-state index in [2.05, 4.69) is 10.6 Å². The quantitative estimate of drug-likeness (QED) is 0.330. The van der Waals surface area contributed by atoms with Gasteiger partial charge in [0, 0.05) is 12.3 Å². The highest BCUT2D eigenvalue weighted by molar-refractivity contribution is 7.80. The number of thiocarbonyl (C=S) groups is 1. The standard InChI is InChI=1S/C26H34N2O4S/c1-2-30-18-19-32-24-11-7-6-10-23(24)25(29)28-26(33)27-21-12-14-22(15-13-21)31-17-16-20-8-4-3-5-9-20/h6-7,10-15,20H,2-5,8-9,16-19H2,1H3,(H2,27,28,29,33). The molecule has 0 heterocycles. The van der Waals surface area contributed by atoms with Gasteiger partial charge in [0.05, 0.1) is 18.8 Å². The second kappa shape index (κ2) is 13.8. The molecule has 2 aromatic rings. The van der Waals surface area contributed by atoms with Crippen molar-refractivity contribution in [2.75, 3.05) is 31.7 Å². The molecule has 3 rings (SSSR count). The Morgan fingerprint density at radius 2 is 1.73 bits per heavy atom. The fourth-order valence-corrected chi connectivity index (χ4v) is 4.13. The summed E-state index contributed by atoms with van der Waals surface area (Å²) in [6, 6.07) is 14.7. The second-order valence-electron chi connectivity index (χ2n) is 8.12. The van der Waals surface area contributed by atoms with Gasteiger partial charge in [-0.1, -0.05) is 44.2 Å². The Bertz CT molecular complexity index is 882. The van der Waals surface area contributed by atoms with Crippen molar-refractivity contribution in [3.63, 3.8) is 0 Å². The minimum Gasteiger partial charge on any atom is -0.494 e. The topological polar surface area (TPSA) is 68.8 Å². The van der Waals surface area contributed by atoms with E-state index >= 15 is 0 Å². The first-order valence-corrected chi connectivity index (χ1v) is 12.2. The van der Waals surface area contributed by atoms with Crippen LogP contribution >= 0.6 is 12.2 Å². The molecule has 0 spiro atoms. The molecule has 2 aromatic carbocycles. The Morgan fingerprint density at radius 1 is 0.970 bits per heavy atom. The maximum absolute atomic E-state index is 12.7. The van der Waals surface area contributed by atoms with E-state index in [9.17, 15) is 4.79 Å². The van der Waals surface area contributed by atoms with Crippen molar-refractivity contribution >= 4 is 28.9 Å². The number of benzene rings is 2. The molecule has 0 radical (unpaired) electrons. The van der Waals surface area contributed by atoms with Crippen LogP contribution in [-0.2, 0) is 4.74 Å². The molecular formula is C26H34N2O4S. The summed E-state index contributed by atoms with van der Waals surface area (Å²) < 4.78 is 16.9. The van der Waals surface area contributed by atoms with Gasteiger partial charge in [0.25, 0.3) is 5.91 Å². The summed E-state index contributed by atoms with van der Waals surface area (Å²) >= 11 is 5.32. The zero-order chi connectivity index (χ0) is 23.3. The zero-order valence-corrected chi connectivity index (χ0v) is 20.1. The van der Waals surface area contributed by atoms with Crippen LogP contribution in [0.4, 0.5) is 5.69 Å². The van der Waals surface area contributed by atoms with E-state index < -0.39 is 0 Å².